The van der Waals surface area contributed by atoms with Crippen molar-refractivity contribution in [3.05, 3.63) is 17.8 Å². The second-order valence-electron chi connectivity index (χ2n) is 4.54. The van der Waals surface area contributed by atoms with Crippen molar-refractivity contribution in [1.82, 2.24) is 9.99 Å². The Morgan fingerprint density at radius 3 is 2.89 bits per heavy atom. The summed E-state index contributed by atoms with van der Waals surface area (Å²) >= 11 is 0. The Bertz CT molecular complexity index is 444. The molecule has 1 aromatic rings. The standard InChI is InChI=1S/C13H20N4O2/c1-2-19-13(18)11-8-10(14)9-15-12(11)16-17-6-4-3-5-7-17/h8-9H,2-7,14H2,1H3,(H,15,16). The highest BCUT2D eigenvalue weighted by Gasteiger charge is 2.17. The molecule has 0 bridgehead atoms. The number of nitrogens with two attached hydrogens (primary N) is 1. The molecule has 1 aliphatic heterocycles. The van der Waals surface area contributed by atoms with Gasteiger partial charge in [-0.05, 0) is 25.8 Å². The van der Waals surface area contributed by atoms with Gasteiger partial charge in [0.1, 0.15) is 5.56 Å². The van der Waals surface area contributed by atoms with Crippen LogP contribution in [0.15, 0.2) is 12.3 Å². The van der Waals surface area contributed by atoms with Crippen LogP contribution in [0.5, 0.6) is 0 Å². The number of esters is 1. The van der Waals surface area contributed by atoms with Crippen molar-refractivity contribution >= 4 is 17.5 Å². The fraction of sp³-hybridized carbons (Fsp3) is 0.538. The van der Waals surface area contributed by atoms with Gasteiger partial charge in [0.25, 0.3) is 0 Å². The molecule has 1 aliphatic rings. The van der Waals surface area contributed by atoms with Gasteiger partial charge >= 0.3 is 5.97 Å². The van der Waals surface area contributed by atoms with Gasteiger partial charge in [0.05, 0.1) is 18.5 Å². The van der Waals surface area contributed by atoms with Gasteiger partial charge in [0.2, 0.25) is 0 Å². The third kappa shape index (κ3) is 3.57. The number of nitrogens with one attached hydrogen (secondary N) is 1. The molecule has 6 nitrogen and oxygen atoms in total. The van der Waals surface area contributed by atoms with Gasteiger partial charge in [-0.2, -0.15) is 0 Å². The van der Waals surface area contributed by atoms with E-state index in [1.165, 1.54) is 12.6 Å². The van der Waals surface area contributed by atoms with Crippen LogP contribution >= 0.6 is 0 Å². The Morgan fingerprint density at radius 2 is 2.21 bits per heavy atom. The van der Waals surface area contributed by atoms with E-state index in [0.717, 1.165) is 25.9 Å². The molecule has 1 saturated heterocycles. The lowest BCUT2D eigenvalue weighted by atomic mass is 10.2. The quantitative estimate of drug-likeness (QED) is 0.805. The number of hydrogen-bond donors (Lipinski definition) is 2. The molecule has 0 saturated carbocycles. The van der Waals surface area contributed by atoms with Gasteiger partial charge in [-0.3, -0.25) is 0 Å². The van der Waals surface area contributed by atoms with E-state index in [1.54, 1.807) is 13.0 Å². The highest BCUT2D eigenvalue weighted by Crippen LogP contribution is 2.19. The molecule has 0 aliphatic carbocycles. The predicted molar refractivity (Wildman–Crippen MR) is 73.7 cm³/mol. The van der Waals surface area contributed by atoms with Crippen molar-refractivity contribution in [2.45, 2.75) is 26.2 Å². The number of nitrogen functional groups attached to an aromatic ring is 1. The Morgan fingerprint density at radius 1 is 1.47 bits per heavy atom. The molecule has 0 amide bonds. The summed E-state index contributed by atoms with van der Waals surface area (Å²) < 4.78 is 5.02. The maximum Gasteiger partial charge on any atom is 0.342 e. The fourth-order valence-corrected chi connectivity index (χ4v) is 2.09. The first-order valence-electron chi connectivity index (χ1n) is 6.65. The highest BCUT2D eigenvalue weighted by molar-refractivity contribution is 5.95. The largest absolute Gasteiger partial charge is 0.462 e. The van der Waals surface area contributed by atoms with Crippen molar-refractivity contribution < 1.29 is 9.53 Å². The van der Waals surface area contributed by atoms with E-state index >= 15 is 0 Å². The molecular formula is C13H20N4O2. The minimum absolute atomic E-state index is 0.330. The van der Waals surface area contributed by atoms with E-state index in [-0.39, 0.29) is 0 Å². The Labute approximate surface area is 112 Å². The number of nitrogens with zero attached hydrogens (tertiary/aromatic N) is 2. The number of aromatic nitrogens is 1. The molecule has 6 heteroatoms. The Kier molecular flexibility index (Phi) is 4.57. The zero-order valence-electron chi connectivity index (χ0n) is 11.2. The summed E-state index contributed by atoms with van der Waals surface area (Å²) in [5, 5.41) is 2.07. The topological polar surface area (TPSA) is 80.5 Å². The molecule has 2 heterocycles. The van der Waals surface area contributed by atoms with E-state index in [9.17, 15) is 4.79 Å². The average Bonchev–Trinajstić information content (AvgIpc) is 2.42. The van der Waals surface area contributed by atoms with E-state index in [4.69, 9.17) is 10.5 Å². The molecule has 1 fully saturated rings. The number of carbonyl (C=O) groups excluding carboxylic acids is 1. The normalized spacial score (nSPS) is 16.1. The summed E-state index contributed by atoms with van der Waals surface area (Å²) in [6.45, 7) is 4.01. The number of rotatable bonds is 4. The maximum absolute atomic E-state index is 11.9. The molecule has 2 rings (SSSR count). The van der Waals surface area contributed by atoms with Crippen LogP contribution in [0, 0.1) is 0 Å². The zero-order valence-corrected chi connectivity index (χ0v) is 11.2. The zero-order chi connectivity index (χ0) is 13.7. The van der Waals surface area contributed by atoms with Crippen LogP contribution in [0.25, 0.3) is 0 Å². The maximum atomic E-state index is 11.9. The molecule has 0 unspecified atom stereocenters. The third-order valence-electron chi connectivity index (χ3n) is 3.02. The van der Waals surface area contributed by atoms with Crippen molar-refractivity contribution in [1.29, 1.82) is 0 Å². The first kappa shape index (κ1) is 13.6. The van der Waals surface area contributed by atoms with E-state index in [2.05, 4.69) is 15.4 Å². The van der Waals surface area contributed by atoms with Crippen LogP contribution in [0.4, 0.5) is 11.5 Å². The minimum Gasteiger partial charge on any atom is -0.462 e. The van der Waals surface area contributed by atoms with Gasteiger partial charge in [-0.1, -0.05) is 6.42 Å². The second-order valence-corrected chi connectivity index (χ2v) is 4.54. The highest BCUT2D eigenvalue weighted by atomic mass is 16.5. The monoisotopic (exact) mass is 264 g/mol. The summed E-state index contributed by atoms with van der Waals surface area (Å²) in [6, 6.07) is 1.59. The van der Waals surface area contributed by atoms with Crippen molar-refractivity contribution in [2.24, 2.45) is 0 Å². The summed E-state index contributed by atoms with van der Waals surface area (Å²) in [6.07, 6.45) is 5.08. The van der Waals surface area contributed by atoms with Crippen LogP contribution in [-0.2, 0) is 4.74 Å². The number of pyridine rings is 1. The fourth-order valence-electron chi connectivity index (χ4n) is 2.09. The molecular weight excluding hydrogens is 244 g/mol. The van der Waals surface area contributed by atoms with Crippen LogP contribution in [0.3, 0.4) is 0 Å². The molecule has 19 heavy (non-hydrogen) atoms. The number of piperidine rings is 1. The molecule has 0 radical (unpaired) electrons. The van der Waals surface area contributed by atoms with Gasteiger partial charge in [-0.25, -0.2) is 14.8 Å². The number of anilines is 2. The molecule has 1 aromatic heterocycles. The van der Waals surface area contributed by atoms with Crippen molar-refractivity contribution in [2.75, 3.05) is 30.9 Å². The lowest BCUT2D eigenvalue weighted by Gasteiger charge is -2.28. The summed E-state index contributed by atoms with van der Waals surface area (Å²) in [7, 11) is 0. The first-order chi connectivity index (χ1) is 9.20. The minimum atomic E-state index is -0.401. The van der Waals surface area contributed by atoms with E-state index < -0.39 is 5.97 Å². The summed E-state index contributed by atoms with van der Waals surface area (Å²) in [5.41, 5.74) is 9.70. The first-order valence-corrected chi connectivity index (χ1v) is 6.65. The van der Waals surface area contributed by atoms with Gasteiger partial charge in [-0.15, -0.1) is 0 Å². The van der Waals surface area contributed by atoms with Crippen molar-refractivity contribution in [3.8, 4) is 0 Å². The predicted octanol–water partition coefficient (Wildman–Crippen LogP) is 1.65. The second kappa shape index (κ2) is 6.38. The van der Waals surface area contributed by atoms with Crippen LogP contribution < -0.4 is 11.2 Å². The SMILES string of the molecule is CCOC(=O)c1cc(N)cnc1NN1CCCCC1. The summed E-state index contributed by atoms with van der Waals surface area (Å²) in [5.74, 6) is 0.108. The van der Waals surface area contributed by atoms with Gasteiger partial charge in [0, 0.05) is 13.1 Å². The van der Waals surface area contributed by atoms with Crippen LogP contribution in [-0.4, -0.2) is 35.7 Å². The van der Waals surface area contributed by atoms with Gasteiger partial charge < -0.3 is 15.9 Å². The number of carbonyl (C=O) groups is 1. The third-order valence-corrected chi connectivity index (χ3v) is 3.02. The lowest BCUT2D eigenvalue weighted by Crippen LogP contribution is -2.35. The van der Waals surface area contributed by atoms with Gasteiger partial charge in [0.15, 0.2) is 5.82 Å². The molecule has 0 atom stereocenters. The van der Waals surface area contributed by atoms with Crippen molar-refractivity contribution in [3.63, 3.8) is 0 Å². The average molecular weight is 264 g/mol. The number of hydrazine groups is 1. The molecule has 0 aromatic carbocycles. The van der Waals surface area contributed by atoms with Crippen LogP contribution in [0.2, 0.25) is 0 Å². The number of hydrogen-bond acceptors (Lipinski definition) is 6. The lowest BCUT2D eigenvalue weighted by molar-refractivity contribution is 0.0526. The van der Waals surface area contributed by atoms with E-state index in [0.29, 0.717) is 23.7 Å². The molecule has 104 valence electrons. The summed E-state index contributed by atoms with van der Waals surface area (Å²) in [4.78, 5) is 16.1. The molecule has 3 N–H and O–H groups in total. The Hall–Kier alpha value is -1.82. The smallest absolute Gasteiger partial charge is 0.342 e. The Balaban J connectivity index is 2.15. The van der Waals surface area contributed by atoms with E-state index in [1.807, 2.05) is 0 Å². The van der Waals surface area contributed by atoms with Crippen LogP contribution in [0.1, 0.15) is 36.5 Å². The molecule has 0 spiro atoms. The number of ether oxygens (including phenoxy) is 1.